The van der Waals surface area contributed by atoms with E-state index in [0.717, 1.165) is 31.5 Å². The Kier molecular flexibility index (Phi) is 3.88. The minimum absolute atomic E-state index is 0.184. The van der Waals surface area contributed by atoms with Gasteiger partial charge in [0.05, 0.1) is 16.7 Å². The molecule has 0 amide bonds. The molecule has 1 saturated carbocycles. The molecular weight excluding hydrogens is 236 g/mol. The SMILES string of the molecule is N#Cc1ccc(NC[C@@H]2CCC[C@H]2O)cc1Cl. The second-order valence-electron chi connectivity index (χ2n) is 4.45. The van der Waals surface area contributed by atoms with Crippen molar-refractivity contribution in [3.63, 3.8) is 0 Å². The summed E-state index contributed by atoms with van der Waals surface area (Å²) in [4.78, 5) is 0. The Bertz CT molecular complexity index is 442. The van der Waals surface area contributed by atoms with E-state index in [2.05, 4.69) is 5.32 Å². The van der Waals surface area contributed by atoms with Gasteiger partial charge in [-0.25, -0.2) is 0 Å². The fourth-order valence-corrected chi connectivity index (χ4v) is 2.44. The number of aliphatic hydroxyl groups excluding tert-OH is 1. The quantitative estimate of drug-likeness (QED) is 0.867. The summed E-state index contributed by atoms with van der Waals surface area (Å²) in [7, 11) is 0. The van der Waals surface area contributed by atoms with Crippen molar-refractivity contribution in [2.75, 3.05) is 11.9 Å². The molecule has 0 heterocycles. The summed E-state index contributed by atoms with van der Waals surface area (Å²) < 4.78 is 0. The van der Waals surface area contributed by atoms with Crippen molar-refractivity contribution in [3.8, 4) is 6.07 Å². The maximum absolute atomic E-state index is 9.69. The number of aliphatic hydroxyl groups is 1. The smallest absolute Gasteiger partial charge is 0.101 e. The molecule has 0 spiro atoms. The molecule has 1 fully saturated rings. The molecule has 0 saturated heterocycles. The maximum atomic E-state index is 9.69. The number of halogens is 1. The summed E-state index contributed by atoms with van der Waals surface area (Å²) in [5.74, 6) is 0.324. The lowest BCUT2D eigenvalue weighted by atomic mass is 10.1. The predicted octanol–water partition coefficient (Wildman–Crippen LogP) is 2.78. The second kappa shape index (κ2) is 5.39. The highest BCUT2D eigenvalue weighted by Crippen LogP contribution is 2.26. The molecule has 1 aromatic carbocycles. The van der Waals surface area contributed by atoms with Crippen LogP contribution in [0.25, 0.3) is 0 Å². The summed E-state index contributed by atoms with van der Waals surface area (Å²) in [6.07, 6.45) is 2.89. The van der Waals surface area contributed by atoms with E-state index < -0.39 is 0 Å². The van der Waals surface area contributed by atoms with Gasteiger partial charge in [0.1, 0.15) is 6.07 Å². The number of nitrogens with one attached hydrogen (secondary N) is 1. The van der Waals surface area contributed by atoms with Crippen LogP contribution in [0.3, 0.4) is 0 Å². The van der Waals surface area contributed by atoms with E-state index in [1.165, 1.54) is 0 Å². The Balaban J connectivity index is 1.95. The van der Waals surface area contributed by atoms with Crippen LogP contribution in [-0.2, 0) is 0 Å². The van der Waals surface area contributed by atoms with E-state index >= 15 is 0 Å². The normalized spacial score (nSPS) is 23.4. The van der Waals surface area contributed by atoms with Gasteiger partial charge in [0.15, 0.2) is 0 Å². The third-order valence-corrected chi connectivity index (χ3v) is 3.59. The lowest BCUT2D eigenvalue weighted by molar-refractivity contribution is 0.138. The molecule has 0 unspecified atom stereocenters. The van der Waals surface area contributed by atoms with Gasteiger partial charge < -0.3 is 10.4 Å². The standard InChI is InChI=1S/C13H15ClN2O/c14-12-6-11(5-4-9(12)7-15)16-8-10-2-1-3-13(10)17/h4-6,10,13,16-17H,1-3,8H2/t10-,13+/m0/s1. The molecule has 2 N–H and O–H groups in total. The summed E-state index contributed by atoms with van der Waals surface area (Å²) in [5, 5.41) is 22.2. The predicted molar refractivity (Wildman–Crippen MR) is 68.0 cm³/mol. The van der Waals surface area contributed by atoms with Gasteiger partial charge in [-0.2, -0.15) is 5.26 Å². The molecule has 90 valence electrons. The van der Waals surface area contributed by atoms with E-state index in [4.69, 9.17) is 16.9 Å². The first-order chi connectivity index (χ1) is 8.20. The molecule has 0 radical (unpaired) electrons. The molecular formula is C13H15ClN2O. The van der Waals surface area contributed by atoms with Crippen LogP contribution < -0.4 is 5.32 Å². The monoisotopic (exact) mass is 250 g/mol. The number of anilines is 1. The van der Waals surface area contributed by atoms with Gasteiger partial charge in [-0.3, -0.25) is 0 Å². The van der Waals surface area contributed by atoms with Crippen LogP contribution in [0, 0.1) is 17.2 Å². The Morgan fingerprint density at radius 2 is 2.29 bits per heavy atom. The van der Waals surface area contributed by atoms with Gasteiger partial charge in [-0.1, -0.05) is 18.0 Å². The van der Waals surface area contributed by atoms with Crippen molar-refractivity contribution < 1.29 is 5.11 Å². The highest BCUT2D eigenvalue weighted by atomic mass is 35.5. The van der Waals surface area contributed by atoms with Crippen molar-refractivity contribution in [2.24, 2.45) is 5.92 Å². The van der Waals surface area contributed by atoms with Crippen molar-refractivity contribution in [3.05, 3.63) is 28.8 Å². The lowest BCUT2D eigenvalue weighted by Crippen LogP contribution is -2.21. The Morgan fingerprint density at radius 3 is 2.88 bits per heavy atom. The Morgan fingerprint density at radius 1 is 1.47 bits per heavy atom. The van der Waals surface area contributed by atoms with E-state index in [-0.39, 0.29) is 6.10 Å². The largest absolute Gasteiger partial charge is 0.393 e. The minimum atomic E-state index is -0.184. The Hall–Kier alpha value is -1.24. The molecule has 0 aliphatic heterocycles. The van der Waals surface area contributed by atoms with Crippen LogP contribution >= 0.6 is 11.6 Å². The zero-order valence-electron chi connectivity index (χ0n) is 9.49. The first-order valence-electron chi connectivity index (χ1n) is 5.82. The second-order valence-corrected chi connectivity index (χ2v) is 4.85. The average molecular weight is 251 g/mol. The lowest BCUT2D eigenvalue weighted by Gasteiger charge is -2.16. The van der Waals surface area contributed by atoms with Gasteiger partial charge in [0.2, 0.25) is 0 Å². The maximum Gasteiger partial charge on any atom is 0.101 e. The molecule has 1 aliphatic rings. The molecule has 1 aliphatic carbocycles. The molecule has 0 aromatic heterocycles. The zero-order valence-corrected chi connectivity index (χ0v) is 10.2. The molecule has 2 rings (SSSR count). The highest BCUT2D eigenvalue weighted by molar-refractivity contribution is 6.32. The molecule has 3 nitrogen and oxygen atoms in total. The third kappa shape index (κ3) is 2.91. The first kappa shape index (κ1) is 12.2. The summed E-state index contributed by atoms with van der Waals surface area (Å²) in [5.41, 5.74) is 1.38. The molecule has 0 bridgehead atoms. The van der Waals surface area contributed by atoms with E-state index in [1.807, 2.05) is 12.1 Å². The summed E-state index contributed by atoms with van der Waals surface area (Å²) in [6, 6.07) is 7.32. The van der Waals surface area contributed by atoms with Gasteiger partial charge in [-0.05, 0) is 31.0 Å². The molecule has 17 heavy (non-hydrogen) atoms. The van der Waals surface area contributed by atoms with Crippen LogP contribution in [0.4, 0.5) is 5.69 Å². The molecule has 4 heteroatoms. The van der Waals surface area contributed by atoms with Gasteiger partial charge in [0, 0.05) is 18.2 Å². The van der Waals surface area contributed by atoms with E-state index in [0.29, 0.717) is 16.5 Å². The molecule has 1 aromatic rings. The van der Waals surface area contributed by atoms with Crippen LogP contribution in [0.1, 0.15) is 24.8 Å². The van der Waals surface area contributed by atoms with Crippen LogP contribution in [0.15, 0.2) is 18.2 Å². The third-order valence-electron chi connectivity index (χ3n) is 3.28. The van der Waals surface area contributed by atoms with Gasteiger partial charge in [-0.15, -0.1) is 0 Å². The van der Waals surface area contributed by atoms with Crippen molar-refractivity contribution in [2.45, 2.75) is 25.4 Å². The number of hydrogen-bond acceptors (Lipinski definition) is 3. The van der Waals surface area contributed by atoms with E-state index in [1.54, 1.807) is 12.1 Å². The van der Waals surface area contributed by atoms with Crippen molar-refractivity contribution in [1.82, 2.24) is 0 Å². The number of nitrogens with zero attached hydrogens (tertiary/aromatic N) is 1. The number of rotatable bonds is 3. The zero-order chi connectivity index (χ0) is 12.3. The van der Waals surface area contributed by atoms with Crippen molar-refractivity contribution >= 4 is 17.3 Å². The Labute approximate surface area is 106 Å². The van der Waals surface area contributed by atoms with E-state index in [9.17, 15) is 5.11 Å². The van der Waals surface area contributed by atoms with Gasteiger partial charge >= 0.3 is 0 Å². The average Bonchev–Trinajstić information content (AvgIpc) is 2.72. The number of benzene rings is 1. The fraction of sp³-hybridized carbons (Fsp3) is 0.462. The summed E-state index contributed by atoms with van der Waals surface area (Å²) >= 11 is 5.94. The number of hydrogen-bond donors (Lipinski definition) is 2. The number of nitriles is 1. The van der Waals surface area contributed by atoms with Crippen LogP contribution in [-0.4, -0.2) is 17.8 Å². The minimum Gasteiger partial charge on any atom is -0.393 e. The topological polar surface area (TPSA) is 56.0 Å². The first-order valence-corrected chi connectivity index (χ1v) is 6.20. The van der Waals surface area contributed by atoms with Crippen molar-refractivity contribution in [1.29, 1.82) is 5.26 Å². The molecule has 2 atom stereocenters. The summed E-state index contributed by atoms with van der Waals surface area (Å²) in [6.45, 7) is 0.753. The van der Waals surface area contributed by atoms with Crippen LogP contribution in [0.2, 0.25) is 5.02 Å². The highest BCUT2D eigenvalue weighted by Gasteiger charge is 2.24. The fourth-order valence-electron chi connectivity index (χ4n) is 2.22. The van der Waals surface area contributed by atoms with Crippen LogP contribution in [0.5, 0.6) is 0 Å². The van der Waals surface area contributed by atoms with Gasteiger partial charge in [0.25, 0.3) is 0 Å².